The molecule has 2 aromatic heterocycles. The number of halogens is 1. The Balaban J connectivity index is 1.69. The minimum Gasteiger partial charge on any atom is -0.348 e. The van der Waals surface area contributed by atoms with Crippen LogP contribution in [0.15, 0.2) is 47.4 Å². The number of likely N-dealkylation sites (tertiary alicyclic amines) is 1. The van der Waals surface area contributed by atoms with Crippen LogP contribution in [0.1, 0.15) is 29.8 Å². The Kier molecular flexibility index (Phi) is 6.09. The van der Waals surface area contributed by atoms with Crippen LogP contribution in [0.2, 0.25) is 5.02 Å². The Labute approximate surface area is 199 Å². The lowest BCUT2D eigenvalue weighted by Gasteiger charge is -2.45. The summed E-state index contributed by atoms with van der Waals surface area (Å²) in [4.78, 5) is 55.2. The third-order valence-electron chi connectivity index (χ3n) is 5.62. The maximum Gasteiger partial charge on any atom is 0.288 e. The van der Waals surface area contributed by atoms with Gasteiger partial charge in [-0.25, -0.2) is 4.98 Å². The van der Waals surface area contributed by atoms with Gasteiger partial charge in [-0.3, -0.25) is 29.1 Å². The highest BCUT2D eigenvalue weighted by molar-refractivity contribution is 6.30. The summed E-state index contributed by atoms with van der Waals surface area (Å²) in [6.07, 6.45) is 1.02. The summed E-state index contributed by atoms with van der Waals surface area (Å²) in [5.74, 6) is -0.957. The predicted octanol–water partition coefficient (Wildman–Crippen LogP) is 2.76. The molecule has 0 radical (unpaired) electrons. The Hall–Kier alpha value is -3.79. The molecule has 0 bridgehead atoms. The summed E-state index contributed by atoms with van der Waals surface area (Å²) in [6, 6.07) is 9.33. The molecule has 1 aliphatic rings. The molecule has 0 unspecified atom stereocenters. The number of nitro groups is 1. The fourth-order valence-electron chi connectivity index (χ4n) is 3.94. The predicted molar refractivity (Wildman–Crippen MR) is 126 cm³/mol. The average molecular weight is 484 g/mol. The minimum atomic E-state index is -0.699. The molecular formula is C23H22ClN5O5. The highest BCUT2D eigenvalue weighted by Crippen LogP contribution is 2.29. The lowest BCUT2D eigenvalue weighted by atomic mass is 9.84. The second-order valence-corrected chi connectivity index (χ2v) is 9.47. The van der Waals surface area contributed by atoms with Crippen LogP contribution < -0.4 is 10.9 Å². The van der Waals surface area contributed by atoms with Gasteiger partial charge in [0.15, 0.2) is 0 Å². The first-order valence-electron chi connectivity index (χ1n) is 10.5. The summed E-state index contributed by atoms with van der Waals surface area (Å²) < 4.78 is 1.10. The Morgan fingerprint density at radius 2 is 1.88 bits per heavy atom. The van der Waals surface area contributed by atoms with Crippen LogP contribution >= 0.6 is 11.6 Å². The molecule has 0 spiro atoms. The monoisotopic (exact) mass is 483 g/mol. The average Bonchev–Trinajstić information content (AvgIpc) is 2.77. The Morgan fingerprint density at radius 3 is 2.50 bits per heavy atom. The molecule has 0 atom stereocenters. The molecule has 10 nitrogen and oxygen atoms in total. The van der Waals surface area contributed by atoms with Crippen molar-refractivity contribution >= 4 is 40.1 Å². The summed E-state index contributed by atoms with van der Waals surface area (Å²) in [7, 11) is 0. The van der Waals surface area contributed by atoms with Gasteiger partial charge < -0.3 is 10.2 Å². The zero-order chi connectivity index (χ0) is 24.6. The summed E-state index contributed by atoms with van der Waals surface area (Å²) in [5.41, 5.74) is -0.354. The van der Waals surface area contributed by atoms with Crippen molar-refractivity contribution < 1.29 is 14.5 Å². The van der Waals surface area contributed by atoms with Crippen molar-refractivity contribution in [1.82, 2.24) is 19.8 Å². The highest BCUT2D eigenvalue weighted by atomic mass is 35.5. The number of benzene rings is 1. The van der Waals surface area contributed by atoms with E-state index in [-0.39, 0.29) is 46.7 Å². The standard InChI is InChI=1S/C23H22ClN5O5/c1-23(2)12-27(13-23)19(30)11-28-20-15(7-17(10-25-20)29(33)34)8-18(22(28)32)21(31)26-9-14-3-5-16(24)6-4-14/h3-8,10H,9,11-13H2,1-2H3,(H,26,31). The largest absolute Gasteiger partial charge is 0.348 e. The van der Waals surface area contributed by atoms with Crippen molar-refractivity contribution in [2.75, 3.05) is 13.1 Å². The van der Waals surface area contributed by atoms with Crippen LogP contribution in [0.4, 0.5) is 5.69 Å². The number of carbonyl (C=O) groups excluding carboxylic acids is 2. The van der Waals surface area contributed by atoms with E-state index < -0.39 is 16.4 Å². The molecule has 0 aliphatic carbocycles. The van der Waals surface area contributed by atoms with Gasteiger partial charge in [-0.15, -0.1) is 0 Å². The number of nitrogens with one attached hydrogen (secondary N) is 1. The molecule has 4 rings (SSSR count). The van der Waals surface area contributed by atoms with Crippen LogP contribution in [0.5, 0.6) is 0 Å². The second-order valence-electron chi connectivity index (χ2n) is 9.04. The van der Waals surface area contributed by atoms with E-state index in [2.05, 4.69) is 10.3 Å². The summed E-state index contributed by atoms with van der Waals surface area (Å²) >= 11 is 5.88. The van der Waals surface area contributed by atoms with Crippen molar-refractivity contribution in [2.45, 2.75) is 26.9 Å². The van der Waals surface area contributed by atoms with Crippen LogP contribution in [0.3, 0.4) is 0 Å². The van der Waals surface area contributed by atoms with Crippen molar-refractivity contribution in [3.05, 3.63) is 79.2 Å². The molecule has 34 heavy (non-hydrogen) atoms. The van der Waals surface area contributed by atoms with E-state index in [0.29, 0.717) is 18.1 Å². The second kappa shape index (κ2) is 8.86. The van der Waals surface area contributed by atoms with Crippen molar-refractivity contribution in [1.29, 1.82) is 0 Å². The van der Waals surface area contributed by atoms with E-state index in [0.717, 1.165) is 16.3 Å². The molecule has 0 saturated carbocycles. The van der Waals surface area contributed by atoms with Gasteiger partial charge in [0, 0.05) is 36.1 Å². The van der Waals surface area contributed by atoms with Gasteiger partial charge in [0.1, 0.15) is 24.0 Å². The summed E-state index contributed by atoms with van der Waals surface area (Å²) in [6.45, 7) is 4.99. The molecular weight excluding hydrogens is 462 g/mol. The number of nitrogens with zero attached hydrogens (tertiary/aromatic N) is 4. The van der Waals surface area contributed by atoms with Gasteiger partial charge in [0.05, 0.1) is 4.92 Å². The molecule has 3 heterocycles. The molecule has 1 saturated heterocycles. The SMILES string of the molecule is CC1(C)CN(C(=O)Cn2c(=O)c(C(=O)NCc3ccc(Cl)cc3)cc3cc([N+](=O)[O-])cnc32)C1. The normalized spacial score (nSPS) is 14.5. The minimum absolute atomic E-state index is 0.00491. The van der Waals surface area contributed by atoms with E-state index in [1.54, 1.807) is 29.2 Å². The molecule has 1 N–H and O–H groups in total. The molecule has 11 heteroatoms. The number of rotatable bonds is 6. The molecule has 2 amide bonds. The zero-order valence-corrected chi connectivity index (χ0v) is 19.3. The van der Waals surface area contributed by atoms with Crippen LogP contribution in [-0.4, -0.2) is 44.3 Å². The first kappa shape index (κ1) is 23.4. The van der Waals surface area contributed by atoms with Crippen molar-refractivity contribution in [3.8, 4) is 0 Å². The van der Waals surface area contributed by atoms with Crippen LogP contribution in [0.25, 0.3) is 11.0 Å². The smallest absolute Gasteiger partial charge is 0.288 e. The van der Waals surface area contributed by atoms with Crippen LogP contribution in [0, 0.1) is 15.5 Å². The van der Waals surface area contributed by atoms with E-state index in [9.17, 15) is 24.5 Å². The maximum absolute atomic E-state index is 13.2. The quantitative estimate of drug-likeness (QED) is 0.424. The molecule has 1 fully saturated rings. The lowest BCUT2D eigenvalue weighted by molar-refractivity contribution is -0.385. The van der Waals surface area contributed by atoms with Gasteiger partial charge in [0.25, 0.3) is 17.2 Å². The number of aromatic nitrogens is 2. The number of amides is 2. The third-order valence-corrected chi connectivity index (χ3v) is 5.87. The first-order valence-corrected chi connectivity index (χ1v) is 10.9. The number of hydrogen-bond donors (Lipinski definition) is 1. The van der Waals surface area contributed by atoms with E-state index in [1.807, 2.05) is 13.8 Å². The van der Waals surface area contributed by atoms with Crippen LogP contribution in [-0.2, 0) is 17.9 Å². The molecule has 1 aromatic carbocycles. The van der Waals surface area contributed by atoms with Crippen molar-refractivity contribution in [2.24, 2.45) is 5.41 Å². The Morgan fingerprint density at radius 1 is 1.21 bits per heavy atom. The van der Waals surface area contributed by atoms with Gasteiger partial charge in [-0.2, -0.15) is 0 Å². The van der Waals surface area contributed by atoms with Gasteiger partial charge in [-0.05, 0) is 29.2 Å². The molecule has 3 aromatic rings. The highest BCUT2D eigenvalue weighted by Gasteiger charge is 2.37. The van der Waals surface area contributed by atoms with E-state index >= 15 is 0 Å². The molecule has 176 valence electrons. The third kappa shape index (κ3) is 4.76. The van der Waals surface area contributed by atoms with Gasteiger partial charge in [-0.1, -0.05) is 37.6 Å². The first-order chi connectivity index (χ1) is 16.0. The van der Waals surface area contributed by atoms with Gasteiger partial charge in [0.2, 0.25) is 5.91 Å². The lowest BCUT2D eigenvalue weighted by Crippen LogP contribution is -2.56. The number of hydrogen-bond acceptors (Lipinski definition) is 6. The number of pyridine rings is 2. The maximum atomic E-state index is 13.2. The topological polar surface area (TPSA) is 127 Å². The van der Waals surface area contributed by atoms with E-state index in [1.165, 1.54) is 12.1 Å². The number of carbonyl (C=O) groups is 2. The van der Waals surface area contributed by atoms with Gasteiger partial charge >= 0.3 is 0 Å². The fraction of sp³-hybridized carbons (Fsp3) is 0.304. The molecule has 1 aliphatic heterocycles. The van der Waals surface area contributed by atoms with Crippen molar-refractivity contribution in [3.63, 3.8) is 0 Å². The van der Waals surface area contributed by atoms with E-state index in [4.69, 9.17) is 11.6 Å². The number of fused-ring (bicyclic) bond motifs is 1. The Bertz CT molecular complexity index is 1360. The fourth-order valence-corrected chi connectivity index (χ4v) is 4.07. The zero-order valence-electron chi connectivity index (χ0n) is 18.6. The summed E-state index contributed by atoms with van der Waals surface area (Å²) in [5, 5.41) is 14.7.